The number of nitrogens with zero attached hydrogens (tertiary/aromatic N) is 3. The molecule has 0 radical (unpaired) electrons. The van der Waals surface area contributed by atoms with Gasteiger partial charge in [-0.3, -0.25) is 4.68 Å². The fourth-order valence-corrected chi connectivity index (χ4v) is 2.61. The van der Waals surface area contributed by atoms with Crippen molar-refractivity contribution in [1.82, 2.24) is 14.8 Å². The van der Waals surface area contributed by atoms with Gasteiger partial charge in [0.1, 0.15) is 30.4 Å². The molecule has 24 heavy (non-hydrogen) atoms. The number of benzene rings is 1. The molecule has 0 amide bonds. The minimum Gasteiger partial charge on any atom is -0.371 e. The van der Waals surface area contributed by atoms with E-state index in [1.165, 1.54) is 44.1 Å². The summed E-state index contributed by atoms with van der Waals surface area (Å²) in [5.74, 6) is -1.19. The van der Waals surface area contributed by atoms with Crippen molar-refractivity contribution in [2.75, 3.05) is 6.61 Å². The Kier molecular flexibility index (Phi) is 7.82. The summed E-state index contributed by atoms with van der Waals surface area (Å²) in [6.07, 6.45) is 9.41. The van der Waals surface area contributed by atoms with Crippen LogP contribution in [0.1, 0.15) is 57.1 Å². The highest BCUT2D eigenvalue weighted by Crippen LogP contribution is 2.23. The quantitative estimate of drug-likeness (QED) is 0.559. The Morgan fingerprint density at radius 3 is 2.62 bits per heavy atom. The second-order valence-corrected chi connectivity index (χ2v) is 5.91. The summed E-state index contributed by atoms with van der Waals surface area (Å²) in [6, 6.07) is 3.58. The molecule has 1 heterocycles. The molecule has 132 valence electrons. The van der Waals surface area contributed by atoms with Crippen molar-refractivity contribution < 1.29 is 13.5 Å². The van der Waals surface area contributed by atoms with Crippen LogP contribution in [0.25, 0.3) is 0 Å². The van der Waals surface area contributed by atoms with Crippen LogP contribution in [-0.4, -0.2) is 21.4 Å². The molecule has 1 aromatic carbocycles. The summed E-state index contributed by atoms with van der Waals surface area (Å²) < 4.78 is 34.7. The zero-order chi connectivity index (χ0) is 17.2. The second-order valence-electron chi connectivity index (χ2n) is 5.91. The fraction of sp³-hybridized carbons (Fsp3) is 0.556. The first-order valence-electron chi connectivity index (χ1n) is 8.59. The zero-order valence-corrected chi connectivity index (χ0v) is 14.1. The van der Waals surface area contributed by atoms with E-state index in [0.29, 0.717) is 18.7 Å². The molecule has 6 heteroatoms. The highest BCUT2D eigenvalue weighted by Gasteiger charge is 2.18. The molecule has 4 nitrogen and oxygen atoms in total. The molecule has 0 N–H and O–H groups in total. The van der Waals surface area contributed by atoms with Crippen LogP contribution in [-0.2, 0) is 11.3 Å². The molecule has 0 spiro atoms. The van der Waals surface area contributed by atoms with Crippen molar-refractivity contribution in [2.24, 2.45) is 0 Å². The maximum Gasteiger partial charge on any atom is 0.137 e. The van der Waals surface area contributed by atoms with Gasteiger partial charge in [0.25, 0.3) is 0 Å². The minimum absolute atomic E-state index is 0.345. The van der Waals surface area contributed by atoms with Gasteiger partial charge in [0.2, 0.25) is 0 Å². The third-order valence-electron chi connectivity index (χ3n) is 3.95. The van der Waals surface area contributed by atoms with E-state index in [1.54, 1.807) is 11.0 Å². The average molecular weight is 337 g/mol. The van der Waals surface area contributed by atoms with Gasteiger partial charge < -0.3 is 4.74 Å². The monoisotopic (exact) mass is 337 g/mol. The van der Waals surface area contributed by atoms with Crippen LogP contribution < -0.4 is 0 Å². The smallest absolute Gasteiger partial charge is 0.137 e. The molecule has 1 unspecified atom stereocenters. The van der Waals surface area contributed by atoms with Crippen molar-refractivity contribution in [3.8, 4) is 0 Å². The second kappa shape index (κ2) is 10.1. The number of hydrogen-bond acceptors (Lipinski definition) is 3. The Labute approximate surface area is 141 Å². The predicted octanol–water partition coefficient (Wildman–Crippen LogP) is 4.67. The molecule has 0 aliphatic carbocycles. The van der Waals surface area contributed by atoms with Crippen LogP contribution in [0.15, 0.2) is 30.9 Å². The van der Waals surface area contributed by atoms with Gasteiger partial charge >= 0.3 is 0 Å². The maximum absolute atomic E-state index is 14.1. The summed E-state index contributed by atoms with van der Waals surface area (Å²) in [6.45, 7) is 3.08. The first-order chi connectivity index (χ1) is 11.7. The Balaban J connectivity index is 1.91. The van der Waals surface area contributed by atoms with Crippen molar-refractivity contribution in [2.45, 2.75) is 58.1 Å². The number of rotatable bonds is 11. The van der Waals surface area contributed by atoms with Gasteiger partial charge in [-0.25, -0.2) is 13.8 Å². The molecule has 0 saturated carbocycles. The molecule has 0 saturated heterocycles. The van der Waals surface area contributed by atoms with E-state index in [4.69, 9.17) is 4.74 Å². The average Bonchev–Trinajstić information content (AvgIpc) is 3.06. The first kappa shape index (κ1) is 18.5. The Morgan fingerprint density at radius 2 is 1.92 bits per heavy atom. The summed E-state index contributed by atoms with van der Waals surface area (Å²) >= 11 is 0. The van der Waals surface area contributed by atoms with Crippen molar-refractivity contribution in [3.63, 3.8) is 0 Å². The lowest BCUT2D eigenvalue weighted by Gasteiger charge is -2.19. The summed E-state index contributed by atoms with van der Waals surface area (Å²) in [5.41, 5.74) is 0.345. The van der Waals surface area contributed by atoms with Crippen LogP contribution >= 0.6 is 0 Å². The molecule has 0 fully saturated rings. The van der Waals surface area contributed by atoms with E-state index < -0.39 is 17.7 Å². The zero-order valence-electron chi connectivity index (χ0n) is 14.1. The van der Waals surface area contributed by atoms with Gasteiger partial charge in [-0.05, 0) is 12.5 Å². The van der Waals surface area contributed by atoms with Crippen LogP contribution in [0.2, 0.25) is 0 Å². The summed E-state index contributed by atoms with van der Waals surface area (Å²) in [5, 5.41) is 4.04. The molecule has 1 atom stereocenters. The number of unbranched alkanes of at least 4 members (excludes halogenated alkanes) is 5. The molecule has 0 aliphatic heterocycles. The molecular weight excluding hydrogens is 312 g/mol. The van der Waals surface area contributed by atoms with Crippen LogP contribution in [0.5, 0.6) is 0 Å². The Hall–Kier alpha value is -1.82. The normalized spacial score (nSPS) is 12.5. The highest BCUT2D eigenvalue weighted by molar-refractivity contribution is 5.21. The number of ether oxygens (including phenoxy) is 1. The van der Waals surface area contributed by atoms with E-state index >= 15 is 0 Å². The van der Waals surface area contributed by atoms with E-state index in [2.05, 4.69) is 17.0 Å². The van der Waals surface area contributed by atoms with E-state index in [0.717, 1.165) is 18.9 Å². The van der Waals surface area contributed by atoms with Gasteiger partial charge in [-0.1, -0.05) is 45.1 Å². The van der Waals surface area contributed by atoms with Gasteiger partial charge in [0.05, 0.1) is 6.54 Å². The molecule has 0 bridgehead atoms. The predicted molar refractivity (Wildman–Crippen MR) is 88.4 cm³/mol. The van der Waals surface area contributed by atoms with Crippen LogP contribution in [0, 0.1) is 11.6 Å². The first-order valence-corrected chi connectivity index (χ1v) is 8.59. The van der Waals surface area contributed by atoms with Crippen LogP contribution in [0.3, 0.4) is 0 Å². The van der Waals surface area contributed by atoms with Gasteiger partial charge in [-0.15, -0.1) is 0 Å². The van der Waals surface area contributed by atoms with E-state index in [1.807, 2.05) is 0 Å². The summed E-state index contributed by atoms with van der Waals surface area (Å²) in [4.78, 5) is 3.89. The number of aromatic nitrogens is 3. The molecule has 2 aromatic rings. The van der Waals surface area contributed by atoms with Crippen molar-refractivity contribution in [3.05, 3.63) is 48.1 Å². The summed E-state index contributed by atoms with van der Waals surface area (Å²) in [7, 11) is 0. The highest BCUT2D eigenvalue weighted by atomic mass is 19.1. The molecular formula is C18H25F2N3O. The third-order valence-corrected chi connectivity index (χ3v) is 3.95. The lowest BCUT2D eigenvalue weighted by atomic mass is 10.1. The third kappa shape index (κ3) is 6.00. The van der Waals surface area contributed by atoms with Crippen molar-refractivity contribution in [1.29, 1.82) is 0 Å². The number of halogens is 2. The topological polar surface area (TPSA) is 39.9 Å². The van der Waals surface area contributed by atoms with Gasteiger partial charge in [-0.2, -0.15) is 5.10 Å². The largest absolute Gasteiger partial charge is 0.371 e. The Morgan fingerprint density at radius 1 is 1.12 bits per heavy atom. The molecule has 2 rings (SSSR count). The lowest BCUT2D eigenvalue weighted by Crippen LogP contribution is -2.15. The maximum atomic E-state index is 14.1. The SMILES string of the molecule is CCCCCCCCOC(Cn1cncn1)c1ccc(F)cc1F. The van der Waals surface area contributed by atoms with E-state index in [9.17, 15) is 8.78 Å². The van der Waals surface area contributed by atoms with Gasteiger partial charge in [0.15, 0.2) is 0 Å². The minimum atomic E-state index is -0.594. The van der Waals surface area contributed by atoms with Crippen molar-refractivity contribution >= 4 is 0 Å². The van der Waals surface area contributed by atoms with Crippen LogP contribution in [0.4, 0.5) is 8.78 Å². The number of hydrogen-bond donors (Lipinski definition) is 0. The molecule has 1 aromatic heterocycles. The Bertz CT molecular complexity index is 590. The molecule has 0 aliphatic rings. The lowest BCUT2D eigenvalue weighted by molar-refractivity contribution is 0.0331. The fourth-order valence-electron chi connectivity index (χ4n) is 2.61. The standard InChI is InChI=1S/C18H25F2N3O/c1-2-3-4-5-6-7-10-24-18(12-23-14-21-13-22-23)16-9-8-15(19)11-17(16)20/h8-9,11,13-14,18H,2-7,10,12H2,1H3. The van der Waals surface area contributed by atoms with E-state index in [-0.39, 0.29) is 0 Å². The van der Waals surface area contributed by atoms with Gasteiger partial charge in [0, 0.05) is 18.2 Å².